The van der Waals surface area contributed by atoms with Crippen LogP contribution in [0.2, 0.25) is 0 Å². The predicted octanol–water partition coefficient (Wildman–Crippen LogP) is 4.90. The van der Waals surface area contributed by atoms with Gasteiger partial charge in [-0.3, -0.25) is 9.89 Å². The average Bonchev–Trinajstić information content (AvgIpc) is 3.48. The van der Waals surface area contributed by atoms with Crippen molar-refractivity contribution in [2.75, 3.05) is 5.32 Å². The van der Waals surface area contributed by atoms with Crippen LogP contribution in [0.15, 0.2) is 65.4 Å². The average molecular weight is 401 g/mol. The fourth-order valence-corrected chi connectivity index (χ4v) is 3.87. The van der Waals surface area contributed by atoms with Gasteiger partial charge in [0, 0.05) is 23.5 Å². The van der Waals surface area contributed by atoms with Crippen LogP contribution in [0.25, 0.3) is 32.4 Å². The third-order valence-corrected chi connectivity index (χ3v) is 5.52. The quantitative estimate of drug-likeness (QED) is 0.446. The minimum Gasteiger partial charge on any atom is -0.463 e. The van der Waals surface area contributed by atoms with Crippen LogP contribution < -0.4 is 5.32 Å². The van der Waals surface area contributed by atoms with Gasteiger partial charge >= 0.3 is 0 Å². The van der Waals surface area contributed by atoms with Crippen LogP contribution in [0.3, 0.4) is 0 Å². The molecule has 7 nitrogen and oxygen atoms in total. The van der Waals surface area contributed by atoms with E-state index in [2.05, 4.69) is 25.5 Å². The number of hydrogen-bond acceptors (Lipinski definition) is 6. The number of carbonyl (C=O) groups excluding carboxylic acids is 1. The molecule has 0 radical (unpaired) electrons. The summed E-state index contributed by atoms with van der Waals surface area (Å²) in [5.74, 6) is 0.324. The van der Waals surface area contributed by atoms with Gasteiger partial charge in [-0.15, -0.1) is 0 Å². The van der Waals surface area contributed by atoms with E-state index in [0.717, 1.165) is 26.5 Å². The molecule has 4 heterocycles. The molecule has 0 unspecified atom stereocenters. The minimum atomic E-state index is -0.301. The van der Waals surface area contributed by atoms with Crippen molar-refractivity contribution in [1.82, 2.24) is 20.2 Å². The van der Waals surface area contributed by atoms with E-state index in [0.29, 0.717) is 17.1 Å². The van der Waals surface area contributed by atoms with Gasteiger partial charge in [0.1, 0.15) is 21.0 Å². The van der Waals surface area contributed by atoms with Crippen LogP contribution in [-0.4, -0.2) is 26.1 Å². The number of carbonyl (C=O) groups is 1. The highest BCUT2D eigenvalue weighted by Gasteiger charge is 2.15. The van der Waals surface area contributed by atoms with Crippen molar-refractivity contribution in [2.24, 2.45) is 0 Å². The maximum atomic E-state index is 12.7. The summed E-state index contributed by atoms with van der Waals surface area (Å²) < 4.78 is 5.33. The number of rotatable bonds is 4. The van der Waals surface area contributed by atoms with Crippen LogP contribution in [0.1, 0.15) is 16.1 Å². The Morgan fingerprint density at radius 3 is 2.93 bits per heavy atom. The Bertz CT molecular complexity index is 1290. The standard InChI is InChI=1S/C21H15N5O2S/c1-12-6-7-13(20-24-14-4-2-8-22-21(14)29-20)10-15(12)23-19(27)17-11-16(25-26-17)18-5-3-9-28-18/h2-11H,1H3,(H,23,27)(H,25,26). The number of benzene rings is 1. The van der Waals surface area contributed by atoms with Gasteiger partial charge in [0.2, 0.25) is 0 Å². The highest BCUT2D eigenvalue weighted by atomic mass is 32.1. The Morgan fingerprint density at radius 1 is 1.17 bits per heavy atom. The van der Waals surface area contributed by atoms with Gasteiger partial charge in [-0.25, -0.2) is 9.97 Å². The van der Waals surface area contributed by atoms with E-state index >= 15 is 0 Å². The Morgan fingerprint density at radius 2 is 2.10 bits per heavy atom. The molecule has 0 spiro atoms. The first-order chi connectivity index (χ1) is 14.2. The summed E-state index contributed by atoms with van der Waals surface area (Å²) in [5.41, 5.74) is 4.37. The van der Waals surface area contributed by atoms with E-state index in [-0.39, 0.29) is 11.6 Å². The largest absolute Gasteiger partial charge is 0.463 e. The number of nitrogens with zero attached hydrogens (tertiary/aromatic N) is 3. The summed E-state index contributed by atoms with van der Waals surface area (Å²) in [6.07, 6.45) is 3.33. The second-order valence-corrected chi connectivity index (χ2v) is 7.45. The van der Waals surface area contributed by atoms with Crippen LogP contribution in [0.4, 0.5) is 5.69 Å². The zero-order valence-corrected chi connectivity index (χ0v) is 16.2. The molecule has 29 heavy (non-hydrogen) atoms. The molecule has 1 amide bonds. The van der Waals surface area contributed by atoms with Crippen LogP contribution in [0, 0.1) is 6.92 Å². The van der Waals surface area contributed by atoms with Gasteiger partial charge in [0.15, 0.2) is 11.5 Å². The number of hydrogen-bond donors (Lipinski definition) is 2. The normalized spacial score (nSPS) is 11.1. The first-order valence-electron chi connectivity index (χ1n) is 8.90. The summed E-state index contributed by atoms with van der Waals surface area (Å²) in [7, 11) is 0. The molecule has 5 rings (SSSR count). The smallest absolute Gasteiger partial charge is 0.276 e. The molecule has 1 aromatic carbocycles. The number of pyridine rings is 1. The van der Waals surface area contributed by atoms with Crippen LogP contribution in [0.5, 0.6) is 0 Å². The first-order valence-corrected chi connectivity index (χ1v) is 9.72. The number of thiazole rings is 1. The molecular weight excluding hydrogens is 386 g/mol. The maximum Gasteiger partial charge on any atom is 0.276 e. The summed E-state index contributed by atoms with van der Waals surface area (Å²) in [6.45, 7) is 1.94. The van der Waals surface area contributed by atoms with Gasteiger partial charge in [-0.2, -0.15) is 5.10 Å². The number of amides is 1. The third kappa shape index (κ3) is 3.30. The predicted molar refractivity (Wildman–Crippen MR) is 112 cm³/mol. The van der Waals surface area contributed by atoms with E-state index in [4.69, 9.17) is 4.42 Å². The number of anilines is 1. The van der Waals surface area contributed by atoms with Crippen molar-refractivity contribution in [3.05, 3.63) is 72.2 Å². The summed E-state index contributed by atoms with van der Waals surface area (Å²) in [6, 6.07) is 14.9. The van der Waals surface area contributed by atoms with Gasteiger partial charge in [0.25, 0.3) is 5.91 Å². The van der Waals surface area contributed by atoms with E-state index < -0.39 is 0 Å². The highest BCUT2D eigenvalue weighted by Crippen LogP contribution is 2.31. The van der Waals surface area contributed by atoms with Crippen LogP contribution in [-0.2, 0) is 0 Å². The summed E-state index contributed by atoms with van der Waals surface area (Å²) in [5, 5.41) is 10.7. The molecule has 0 aliphatic carbocycles. The van der Waals surface area contributed by atoms with Crippen molar-refractivity contribution in [2.45, 2.75) is 6.92 Å². The number of nitrogens with one attached hydrogen (secondary N) is 2. The molecule has 2 N–H and O–H groups in total. The first kappa shape index (κ1) is 17.3. The lowest BCUT2D eigenvalue weighted by Crippen LogP contribution is -2.13. The molecule has 0 fully saturated rings. The van der Waals surface area contributed by atoms with Gasteiger partial charge < -0.3 is 9.73 Å². The Hall–Kier alpha value is -3.78. The van der Waals surface area contributed by atoms with Crippen molar-refractivity contribution < 1.29 is 9.21 Å². The van der Waals surface area contributed by atoms with E-state index in [1.54, 1.807) is 30.7 Å². The number of fused-ring (bicyclic) bond motifs is 1. The molecule has 0 aliphatic heterocycles. The lowest BCUT2D eigenvalue weighted by molar-refractivity contribution is 0.102. The van der Waals surface area contributed by atoms with E-state index in [9.17, 15) is 4.79 Å². The second-order valence-electron chi connectivity index (χ2n) is 6.47. The molecule has 5 aromatic rings. The third-order valence-electron chi connectivity index (χ3n) is 4.50. The maximum absolute atomic E-state index is 12.7. The molecule has 0 aliphatic rings. The topological polar surface area (TPSA) is 96.7 Å². The highest BCUT2D eigenvalue weighted by molar-refractivity contribution is 7.21. The molecule has 0 saturated carbocycles. The number of aromatic nitrogens is 4. The second kappa shape index (κ2) is 6.99. The monoisotopic (exact) mass is 401 g/mol. The van der Waals surface area contributed by atoms with Crippen molar-refractivity contribution in [3.63, 3.8) is 0 Å². The van der Waals surface area contributed by atoms with E-state index in [1.807, 2.05) is 37.3 Å². The Labute approximate surface area is 169 Å². The molecule has 142 valence electrons. The summed E-state index contributed by atoms with van der Waals surface area (Å²) >= 11 is 1.52. The number of H-pyrrole nitrogens is 1. The molecular formula is C21H15N5O2S. The number of furan rings is 1. The molecule has 0 atom stereocenters. The SMILES string of the molecule is Cc1ccc(-c2nc3cccnc3s2)cc1NC(=O)c1cc(-c2ccco2)[nH]n1. The minimum absolute atomic E-state index is 0.283. The summed E-state index contributed by atoms with van der Waals surface area (Å²) in [4.78, 5) is 22.6. The molecule has 4 aromatic heterocycles. The number of aryl methyl sites for hydroxylation is 1. The molecule has 8 heteroatoms. The lowest BCUT2D eigenvalue weighted by Gasteiger charge is -2.08. The van der Waals surface area contributed by atoms with Gasteiger partial charge in [0.05, 0.1) is 6.26 Å². The molecule has 0 bridgehead atoms. The molecule has 0 saturated heterocycles. The fraction of sp³-hybridized carbons (Fsp3) is 0.0476. The van der Waals surface area contributed by atoms with Gasteiger partial charge in [-0.05, 0) is 42.8 Å². The fourth-order valence-electron chi connectivity index (χ4n) is 2.97. The van der Waals surface area contributed by atoms with Crippen LogP contribution >= 0.6 is 11.3 Å². The van der Waals surface area contributed by atoms with Crippen molar-refractivity contribution in [1.29, 1.82) is 0 Å². The number of aromatic amines is 1. The Balaban J connectivity index is 1.42. The zero-order valence-electron chi connectivity index (χ0n) is 15.3. The van der Waals surface area contributed by atoms with Crippen molar-refractivity contribution in [3.8, 4) is 22.0 Å². The lowest BCUT2D eigenvalue weighted by atomic mass is 10.1. The van der Waals surface area contributed by atoms with Crippen molar-refractivity contribution >= 4 is 33.3 Å². The Kier molecular flexibility index (Phi) is 4.18. The van der Waals surface area contributed by atoms with Gasteiger partial charge in [-0.1, -0.05) is 23.5 Å². The zero-order chi connectivity index (χ0) is 19.8. The van der Waals surface area contributed by atoms with E-state index in [1.165, 1.54) is 11.3 Å².